The molecule has 0 aliphatic rings. The van der Waals surface area contributed by atoms with Crippen molar-refractivity contribution in [3.8, 4) is 0 Å². The number of aromatic nitrogens is 1. The molecule has 1 heterocycles. The number of nitrogens with one attached hydrogen (secondary N) is 1. The van der Waals surface area contributed by atoms with E-state index >= 15 is 0 Å². The average molecular weight is 236 g/mol. The summed E-state index contributed by atoms with van der Waals surface area (Å²) in [5.74, 6) is -1.09. The van der Waals surface area contributed by atoms with E-state index in [4.69, 9.17) is 11.5 Å². The molecule has 1 unspecified atom stereocenters. The largest absolute Gasteiger partial charge is 0.397 e. The predicted molar refractivity (Wildman–Crippen MR) is 63.9 cm³/mol. The summed E-state index contributed by atoms with van der Waals surface area (Å²) in [7, 11) is 0. The first-order valence-corrected chi connectivity index (χ1v) is 5.23. The molecule has 17 heavy (non-hydrogen) atoms. The van der Waals surface area contributed by atoms with Crippen LogP contribution in [0.5, 0.6) is 0 Å². The Morgan fingerprint density at radius 2 is 2.00 bits per heavy atom. The SMILES string of the molecule is CC(C)C(NC(=O)c1ccc(N)cn1)C(N)=O. The standard InChI is InChI=1S/C11H16N4O2/c1-6(2)9(10(13)16)15-11(17)8-4-3-7(12)5-14-8/h3-6,9H,12H2,1-2H3,(H2,13,16)(H,15,17). The summed E-state index contributed by atoms with van der Waals surface area (Å²) in [5, 5.41) is 2.53. The molecule has 0 aliphatic carbocycles. The second-order valence-corrected chi connectivity index (χ2v) is 4.07. The summed E-state index contributed by atoms with van der Waals surface area (Å²) < 4.78 is 0. The molecule has 5 N–H and O–H groups in total. The zero-order valence-corrected chi connectivity index (χ0v) is 9.81. The van der Waals surface area contributed by atoms with E-state index in [1.165, 1.54) is 12.3 Å². The summed E-state index contributed by atoms with van der Waals surface area (Å²) in [6.45, 7) is 3.60. The fourth-order valence-electron chi connectivity index (χ4n) is 1.32. The van der Waals surface area contributed by atoms with Crippen molar-refractivity contribution in [1.29, 1.82) is 0 Å². The minimum absolute atomic E-state index is 0.0785. The monoisotopic (exact) mass is 236 g/mol. The van der Waals surface area contributed by atoms with Crippen molar-refractivity contribution < 1.29 is 9.59 Å². The number of hydrogen-bond donors (Lipinski definition) is 3. The van der Waals surface area contributed by atoms with Gasteiger partial charge in [0.05, 0.1) is 11.9 Å². The molecule has 0 saturated carbocycles. The van der Waals surface area contributed by atoms with E-state index < -0.39 is 17.9 Å². The summed E-state index contributed by atoms with van der Waals surface area (Å²) in [6, 6.07) is 2.35. The summed E-state index contributed by atoms with van der Waals surface area (Å²) in [5.41, 5.74) is 11.3. The van der Waals surface area contributed by atoms with Crippen LogP contribution in [0, 0.1) is 5.92 Å². The van der Waals surface area contributed by atoms with Crippen LogP contribution in [0.1, 0.15) is 24.3 Å². The van der Waals surface area contributed by atoms with Crippen molar-refractivity contribution in [1.82, 2.24) is 10.3 Å². The molecular formula is C11H16N4O2. The van der Waals surface area contributed by atoms with Gasteiger partial charge in [-0.2, -0.15) is 0 Å². The predicted octanol–water partition coefficient (Wildman–Crippen LogP) is -0.0965. The Morgan fingerprint density at radius 1 is 1.35 bits per heavy atom. The molecule has 1 atom stereocenters. The maximum absolute atomic E-state index is 11.8. The van der Waals surface area contributed by atoms with Gasteiger partial charge in [0, 0.05) is 0 Å². The maximum atomic E-state index is 11.8. The highest BCUT2D eigenvalue weighted by atomic mass is 16.2. The van der Waals surface area contributed by atoms with Gasteiger partial charge in [-0.1, -0.05) is 13.8 Å². The Balaban J connectivity index is 2.77. The molecule has 0 spiro atoms. The van der Waals surface area contributed by atoms with E-state index in [1.807, 2.05) is 0 Å². The first-order chi connectivity index (χ1) is 7.91. The van der Waals surface area contributed by atoms with Gasteiger partial charge in [-0.3, -0.25) is 9.59 Å². The minimum atomic E-state index is -0.707. The van der Waals surface area contributed by atoms with Gasteiger partial charge in [-0.25, -0.2) is 4.98 Å². The molecule has 2 amide bonds. The van der Waals surface area contributed by atoms with E-state index in [1.54, 1.807) is 19.9 Å². The Hall–Kier alpha value is -2.11. The van der Waals surface area contributed by atoms with Crippen LogP contribution < -0.4 is 16.8 Å². The lowest BCUT2D eigenvalue weighted by atomic mass is 10.0. The number of nitrogens with two attached hydrogens (primary N) is 2. The number of rotatable bonds is 4. The quantitative estimate of drug-likeness (QED) is 0.678. The number of carbonyl (C=O) groups is 2. The number of amides is 2. The molecule has 0 aliphatic heterocycles. The van der Waals surface area contributed by atoms with Gasteiger partial charge >= 0.3 is 0 Å². The van der Waals surface area contributed by atoms with Crippen molar-refractivity contribution in [2.75, 3.05) is 5.73 Å². The Kier molecular flexibility index (Phi) is 4.03. The van der Waals surface area contributed by atoms with Crippen LogP contribution >= 0.6 is 0 Å². The minimum Gasteiger partial charge on any atom is -0.397 e. The number of anilines is 1. The van der Waals surface area contributed by atoms with Crippen LogP contribution in [0.2, 0.25) is 0 Å². The van der Waals surface area contributed by atoms with Gasteiger partial charge < -0.3 is 16.8 Å². The number of pyridine rings is 1. The fraction of sp³-hybridized carbons (Fsp3) is 0.364. The van der Waals surface area contributed by atoms with Crippen molar-refractivity contribution in [2.24, 2.45) is 11.7 Å². The molecule has 6 heteroatoms. The molecule has 0 radical (unpaired) electrons. The van der Waals surface area contributed by atoms with Crippen LogP contribution in [-0.4, -0.2) is 22.8 Å². The van der Waals surface area contributed by atoms with Crippen molar-refractivity contribution in [2.45, 2.75) is 19.9 Å². The number of primary amides is 1. The van der Waals surface area contributed by atoms with Crippen LogP contribution in [0.4, 0.5) is 5.69 Å². The van der Waals surface area contributed by atoms with E-state index in [-0.39, 0.29) is 11.6 Å². The molecule has 6 nitrogen and oxygen atoms in total. The average Bonchev–Trinajstić information content (AvgIpc) is 2.25. The van der Waals surface area contributed by atoms with Gasteiger partial charge in [-0.05, 0) is 18.1 Å². The first-order valence-electron chi connectivity index (χ1n) is 5.23. The van der Waals surface area contributed by atoms with Gasteiger partial charge in [0.15, 0.2) is 0 Å². The third-order valence-electron chi connectivity index (χ3n) is 2.28. The molecule has 0 bridgehead atoms. The second kappa shape index (κ2) is 5.29. The molecule has 1 rings (SSSR count). The number of hydrogen-bond acceptors (Lipinski definition) is 4. The number of nitrogen functional groups attached to an aromatic ring is 1. The van der Waals surface area contributed by atoms with Crippen molar-refractivity contribution in [3.05, 3.63) is 24.0 Å². The maximum Gasteiger partial charge on any atom is 0.270 e. The molecule has 1 aromatic heterocycles. The highest BCUT2D eigenvalue weighted by molar-refractivity contribution is 5.95. The molecule has 92 valence electrons. The third-order valence-corrected chi connectivity index (χ3v) is 2.28. The van der Waals surface area contributed by atoms with E-state index in [0.717, 1.165) is 0 Å². The second-order valence-electron chi connectivity index (χ2n) is 4.07. The number of nitrogens with zero attached hydrogens (tertiary/aromatic N) is 1. The molecule has 0 saturated heterocycles. The zero-order valence-electron chi connectivity index (χ0n) is 9.81. The van der Waals surface area contributed by atoms with Gasteiger partial charge in [-0.15, -0.1) is 0 Å². The summed E-state index contributed by atoms with van der Waals surface area (Å²) >= 11 is 0. The highest BCUT2D eigenvalue weighted by Crippen LogP contribution is 2.04. The zero-order chi connectivity index (χ0) is 13.0. The highest BCUT2D eigenvalue weighted by Gasteiger charge is 2.22. The topological polar surface area (TPSA) is 111 Å². The van der Waals surface area contributed by atoms with Crippen molar-refractivity contribution in [3.63, 3.8) is 0 Å². The normalized spacial score (nSPS) is 12.2. The van der Waals surface area contributed by atoms with Crippen LogP contribution in [0.25, 0.3) is 0 Å². The Labute approximate surface area is 99.4 Å². The summed E-state index contributed by atoms with van der Waals surface area (Å²) in [6.07, 6.45) is 1.38. The molecule has 1 aromatic rings. The molecule has 0 aromatic carbocycles. The summed E-state index contributed by atoms with van der Waals surface area (Å²) in [4.78, 5) is 26.7. The fourth-order valence-corrected chi connectivity index (χ4v) is 1.32. The van der Waals surface area contributed by atoms with Gasteiger partial charge in [0.2, 0.25) is 5.91 Å². The lowest BCUT2D eigenvalue weighted by molar-refractivity contribution is -0.120. The molecule has 0 fully saturated rings. The third kappa shape index (κ3) is 3.44. The van der Waals surface area contributed by atoms with Crippen molar-refractivity contribution >= 4 is 17.5 Å². The van der Waals surface area contributed by atoms with E-state index in [0.29, 0.717) is 5.69 Å². The van der Waals surface area contributed by atoms with Crippen LogP contribution in [0.3, 0.4) is 0 Å². The smallest absolute Gasteiger partial charge is 0.270 e. The van der Waals surface area contributed by atoms with Gasteiger partial charge in [0.25, 0.3) is 5.91 Å². The Morgan fingerprint density at radius 3 is 2.41 bits per heavy atom. The lowest BCUT2D eigenvalue weighted by Crippen LogP contribution is -2.47. The number of carbonyl (C=O) groups excluding carboxylic acids is 2. The Bertz CT molecular complexity index is 414. The molecular weight excluding hydrogens is 220 g/mol. The van der Waals surface area contributed by atoms with Gasteiger partial charge in [0.1, 0.15) is 11.7 Å². The van der Waals surface area contributed by atoms with E-state index in [2.05, 4.69) is 10.3 Å². The van der Waals surface area contributed by atoms with Crippen LogP contribution in [0.15, 0.2) is 18.3 Å². The van der Waals surface area contributed by atoms with Crippen LogP contribution in [-0.2, 0) is 4.79 Å². The first kappa shape index (κ1) is 13.0. The lowest BCUT2D eigenvalue weighted by Gasteiger charge is -2.18. The van der Waals surface area contributed by atoms with E-state index in [9.17, 15) is 9.59 Å².